The summed E-state index contributed by atoms with van der Waals surface area (Å²) in [6, 6.07) is 9.30. The molecule has 0 saturated carbocycles. The van der Waals surface area contributed by atoms with Crippen LogP contribution in [0.15, 0.2) is 41.3 Å². The van der Waals surface area contributed by atoms with Crippen molar-refractivity contribution >= 4 is 11.6 Å². The first kappa shape index (κ1) is 14.8. The number of anilines is 1. The molecule has 1 heterocycles. The summed E-state index contributed by atoms with van der Waals surface area (Å²) in [6.07, 6.45) is 1.45. The number of amides is 1. The maximum absolute atomic E-state index is 12.0. The average Bonchev–Trinajstić information content (AvgIpc) is 2.45. The predicted octanol–water partition coefficient (Wildman–Crippen LogP) is 1.68. The number of nitrogens with one attached hydrogen (secondary N) is 2. The van der Waals surface area contributed by atoms with E-state index in [0.717, 1.165) is 16.9 Å². The molecule has 2 N–H and O–H groups in total. The second-order valence-corrected chi connectivity index (χ2v) is 5.14. The number of pyridine rings is 1. The van der Waals surface area contributed by atoms with E-state index >= 15 is 0 Å². The second-order valence-electron chi connectivity index (χ2n) is 5.14. The van der Waals surface area contributed by atoms with Crippen LogP contribution < -0.4 is 15.6 Å². The Morgan fingerprint density at radius 3 is 2.48 bits per heavy atom. The highest BCUT2D eigenvalue weighted by Crippen LogP contribution is 2.12. The summed E-state index contributed by atoms with van der Waals surface area (Å²) in [7, 11) is 3.95. The molecule has 0 unspecified atom stereocenters. The fourth-order valence-electron chi connectivity index (χ4n) is 1.94. The van der Waals surface area contributed by atoms with Crippen molar-refractivity contribution in [3.8, 4) is 0 Å². The van der Waals surface area contributed by atoms with Gasteiger partial charge in [-0.1, -0.05) is 12.1 Å². The van der Waals surface area contributed by atoms with Crippen molar-refractivity contribution in [1.82, 2.24) is 10.3 Å². The number of aromatic amines is 1. The van der Waals surface area contributed by atoms with Crippen LogP contribution in [0.1, 0.15) is 21.6 Å². The van der Waals surface area contributed by atoms with Crippen LogP contribution in [0.4, 0.5) is 5.69 Å². The molecule has 5 heteroatoms. The normalized spacial score (nSPS) is 10.2. The summed E-state index contributed by atoms with van der Waals surface area (Å²) < 4.78 is 0. The van der Waals surface area contributed by atoms with Crippen LogP contribution in [0.25, 0.3) is 0 Å². The Kier molecular flexibility index (Phi) is 4.42. The topological polar surface area (TPSA) is 65.2 Å². The van der Waals surface area contributed by atoms with Crippen molar-refractivity contribution in [3.63, 3.8) is 0 Å². The third kappa shape index (κ3) is 3.72. The van der Waals surface area contributed by atoms with E-state index < -0.39 is 0 Å². The Morgan fingerprint density at radius 2 is 1.90 bits per heavy atom. The molecule has 0 fully saturated rings. The zero-order valence-corrected chi connectivity index (χ0v) is 12.4. The van der Waals surface area contributed by atoms with Gasteiger partial charge in [-0.15, -0.1) is 0 Å². The van der Waals surface area contributed by atoms with E-state index in [-0.39, 0.29) is 16.9 Å². The van der Waals surface area contributed by atoms with Crippen molar-refractivity contribution in [2.75, 3.05) is 19.0 Å². The van der Waals surface area contributed by atoms with Crippen molar-refractivity contribution in [3.05, 3.63) is 63.6 Å². The minimum absolute atomic E-state index is 0.130. The average molecular weight is 285 g/mol. The summed E-state index contributed by atoms with van der Waals surface area (Å²) in [5.74, 6) is -0.368. The smallest absolute Gasteiger partial charge is 0.257 e. The molecule has 0 atom stereocenters. The number of aromatic nitrogens is 1. The van der Waals surface area contributed by atoms with Gasteiger partial charge in [0.05, 0.1) is 0 Å². The van der Waals surface area contributed by atoms with Crippen molar-refractivity contribution < 1.29 is 4.79 Å². The van der Waals surface area contributed by atoms with Crippen LogP contribution in [0, 0.1) is 6.92 Å². The Balaban J connectivity index is 2.02. The third-order valence-corrected chi connectivity index (χ3v) is 3.21. The molecule has 0 spiro atoms. The molecule has 1 amide bonds. The summed E-state index contributed by atoms with van der Waals surface area (Å²) in [4.78, 5) is 28.6. The van der Waals surface area contributed by atoms with Gasteiger partial charge in [-0.25, -0.2) is 0 Å². The number of hydrogen-bond acceptors (Lipinski definition) is 3. The molecular weight excluding hydrogens is 266 g/mol. The number of H-pyrrole nitrogens is 1. The van der Waals surface area contributed by atoms with Crippen LogP contribution in [-0.4, -0.2) is 25.0 Å². The van der Waals surface area contributed by atoms with E-state index in [1.807, 2.05) is 43.3 Å². The fourth-order valence-corrected chi connectivity index (χ4v) is 1.94. The van der Waals surface area contributed by atoms with Crippen LogP contribution in [0.3, 0.4) is 0 Å². The maximum Gasteiger partial charge on any atom is 0.257 e. The van der Waals surface area contributed by atoms with Gasteiger partial charge < -0.3 is 15.2 Å². The van der Waals surface area contributed by atoms with Gasteiger partial charge in [0.15, 0.2) is 5.43 Å². The van der Waals surface area contributed by atoms with E-state index in [9.17, 15) is 9.59 Å². The van der Waals surface area contributed by atoms with Gasteiger partial charge in [0.25, 0.3) is 5.91 Å². The molecule has 0 aliphatic rings. The minimum Gasteiger partial charge on any atom is -0.378 e. The molecule has 0 bridgehead atoms. The first-order valence-electron chi connectivity index (χ1n) is 6.71. The highest BCUT2D eigenvalue weighted by molar-refractivity contribution is 5.93. The van der Waals surface area contributed by atoms with Crippen molar-refractivity contribution in [2.24, 2.45) is 0 Å². The Bertz CT molecular complexity index is 687. The van der Waals surface area contributed by atoms with Gasteiger partial charge in [-0.3, -0.25) is 9.59 Å². The Morgan fingerprint density at radius 1 is 1.24 bits per heavy atom. The molecule has 0 radical (unpaired) electrons. The number of rotatable bonds is 4. The van der Waals surface area contributed by atoms with E-state index in [1.165, 1.54) is 12.3 Å². The molecule has 0 saturated heterocycles. The van der Waals surface area contributed by atoms with Gasteiger partial charge in [0.1, 0.15) is 5.56 Å². The number of hydrogen-bond donors (Lipinski definition) is 2. The first-order valence-corrected chi connectivity index (χ1v) is 6.71. The zero-order valence-electron chi connectivity index (χ0n) is 12.4. The second kappa shape index (κ2) is 6.26. The van der Waals surface area contributed by atoms with Gasteiger partial charge in [-0.05, 0) is 24.6 Å². The third-order valence-electron chi connectivity index (χ3n) is 3.21. The summed E-state index contributed by atoms with van der Waals surface area (Å²) in [5.41, 5.74) is 2.67. The highest BCUT2D eigenvalue weighted by Gasteiger charge is 2.09. The summed E-state index contributed by atoms with van der Waals surface area (Å²) in [5, 5.41) is 2.75. The lowest BCUT2D eigenvalue weighted by Gasteiger charge is -2.12. The summed E-state index contributed by atoms with van der Waals surface area (Å²) in [6.45, 7) is 2.16. The lowest BCUT2D eigenvalue weighted by atomic mass is 10.2. The van der Waals surface area contributed by atoms with E-state index in [1.54, 1.807) is 6.92 Å². The monoisotopic (exact) mass is 285 g/mol. The van der Waals surface area contributed by atoms with E-state index in [4.69, 9.17) is 0 Å². The van der Waals surface area contributed by atoms with Gasteiger partial charge in [-0.2, -0.15) is 0 Å². The Labute approximate surface area is 123 Å². The van der Waals surface area contributed by atoms with E-state index in [0.29, 0.717) is 6.54 Å². The Hall–Kier alpha value is -2.56. The molecule has 0 aliphatic heterocycles. The van der Waals surface area contributed by atoms with Crippen LogP contribution >= 0.6 is 0 Å². The lowest BCUT2D eigenvalue weighted by molar-refractivity contribution is 0.0949. The molecule has 2 aromatic rings. The van der Waals surface area contributed by atoms with Gasteiger partial charge in [0, 0.05) is 44.3 Å². The molecule has 110 valence electrons. The number of carbonyl (C=O) groups excluding carboxylic acids is 1. The molecule has 5 nitrogen and oxygen atoms in total. The molecule has 1 aromatic heterocycles. The first-order chi connectivity index (χ1) is 9.97. The number of carbonyl (C=O) groups is 1. The summed E-state index contributed by atoms with van der Waals surface area (Å²) >= 11 is 0. The fraction of sp³-hybridized carbons (Fsp3) is 0.250. The number of aryl methyl sites for hydroxylation is 1. The molecule has 21 heavy (non-hydrogen) atoms. The quantitative estimate of drug-likeness (QED) is 0.898. The molecule has 0 aliphatic carbocycles. The standard InChI is InChI=1S/C16H19N3O2/c1-11-8-15(20)14(10-17-11)16(21)18-9-12-4-6-13(7-5-12)19(2)3/h4-8,10H,9H2,1-3H3,(H,17,20)(H,18,21). The van der Waals surface area contributed by atoms with E-state index in [2.05, 4.69) is 10.3 Å². The largest absolute Gasteiger partial charge is 0.378 e. The molecule has 1 aromatic carbocycles. The van der Waals surface area contributed by atoms with Crippen LogP contribution in [0.2, 0.25) is 0 Å². The SMILES string of the molecule is Cc1cc(=O)c(C(=O)NCc2ccc(N(C)C)cc2)c[nH]1. The van der Waals surface area contributed by atoms with Crippen molar-refractivity contribution in [2.45, 2.75) is 13.5 Å². The van der Waals surface area contributed by atoms with Gasteiger partial charge >= 0.3 is 0 Å². The van der Waals surface area contributed by atoms with Crippen molar-refractivity contribution in [1.29, 1.82) is 0 Å². The lowest BCUT2D eigenvalue weighted by Crippen LogP contribution is -2.28. The predicted molar refractivity (Wildman–Crippen MR) is 83.7 cm³/mol. The van der Waals surface area contributed by atoms with Crippen LogP contribution in [-0.2, 0) is 6.54 Å². The number of nitrogens with zero attached hydrogens (tertiary/aromatic N) is 1. The van der Waals surface area contributed by atoms with Gasteiger partial charge in [0.2, 0.25) is 0 Å². The van der Waals surface area contributed by atoms with Crippen LogP contribution in [0.5, 0.6) is 0 Å². The highest BCUT2D eigenvalue weighted by atomic mass is 16.2. The minimum atomic E-state index is -0.368. The number of benzene rings is 1. The molecule has 2 rings (SSSR count). The molecular formula is C16H19N3O2. The maximum atomic E-state index is 12.0. The zero-order chi connectivity index (χ0) is 15.4.